The number of aryl methyl sites for hydroxylation is 1. The van der Waals surface area contributed by atoms with Gasteiger partial charge in [0.1, 0.15) is 0 Å². The number of halogens is 3. The van der Waals surface area contributed by atoms with Gasteiger partial charge in [0.25, 0.3) is 0 Å². The molecule has 0 heterocycles. The predicted molar refractivity (Wildman–Crippen MR) is 114 cm³/mol. The van der Waals surface area contributed by atoms with Crippen LogP contribution in [0.3, 0.4) is 0 Å². The minimum absolute atomic E-state index is 0.0246. The monoisotopic (exact) mass is 433 g/mol. The van der Waals surface area contributed by atoms with E-state index >= 15 is 0 Å². The molecular formula is C23H26F3N3O2. The smallest absolute Gasteiger partial charge is 0.354 e. The van der Waals surface area contributed by atoms with Gasteiger partial charge < -0.3 is 10.6 Å². The van der Waals surface area contributed by atoms with Crippen molar-refractivity contribution in [2.75, 3.05) is 23.3 Å². The van der Waals surface area contributed by atoms with E-state index in [0.717, 1.165) is 43.4 Å². The summed E-state index contributed by atoms with van der Waals surface area (Å²) >= 11 is 0. The summed E-state index contributed by atoms with van der Waals surface area (Å²) < 4.78 is 39.5. The van der Waals surface area contributed by atoms with Crippen LogP contribution in [0.2, 0.25) is 0 Å². The largest absolute Gasteiger partial charge is 0.416 e. The molecule has 0 bridgehead atoms. The number of rotatable bonds is 6. The van der Waals surface area contributed by atoms with Crippen molar-refractivity contribution < 1.29 is 22.8 Å². The number of carbonyl (C=O) groups is 2. The van der Waals surface area contributed by atoms with Crippen LogP contribution in [-0.2, 0) is 11.0 Å². The predicted octanol–water partition coefficient (Wildman–Crippen LogP) is 5.36. The molecule has 0 unspecified atom stereocenters. The average Bonchev–Trinajstić information content (AvgIpc) is 3.27. The zero-order valence-corrected chi connectivity index (χ0v) is 17.3. The molecule has 0 saturated heterocycles. The van der Waals surface area contributed by atoms with Crippen molar-refractivity contribution in [3.05, 3.63) is 59.7 Å². The molecule has 0 radical (unpaired) electrons. The lowest BCUT2D eigenvalue weighted by Crippen LogP contribution is -2.42. The van der Waals surface area contributed by atoms with Crippen LogP contribution in [0.5, 0.6) is 0 Å². The van der Waals surface area contributed by atoms with E-state index in [0.29, 0.717) is 5.69 Å². The van der Waals surface area contributed by atoms with Gasteiger partial charge in [0.2, 0.25) is 5.91 Å². The molecule has 1 aliphatic carbocycles. The Labute approximate surface area is 179 Å². The van der Waals surface area contributed by atoms with E-state index < -0.39 is 17.8 Å². The van der Waals surface area contributed by atoms with Crippen molar-refractivity contribution in [1.82, 2.24) is 5.32 Å². The minimum atomic E-state index is -4.52. The molecule has 1 saturated carbocycles. The molecule has 0 spiro atoms. The van der Waals surface area contributed by atoms with Gasteiger partial charge in [-0.2, -0.15) is 13.2 Å². The highest BCUT2D eigenvalue weighted by molar-refractivity contribution is 6.01. The molecule has 166 valence electrons. The van der Waals surface area contributed by atoms with Crippen LogP contribution < -0.4 is 15.5 Å². The molecule has 3 amide bonds. The maximum atomic E-state index is 13.2. The van der Waals surface area contributed by atoms with Gasteiger partial charge in [-0.05, 0) is 50.1 Å². The molecule has 1 fully saturated rings. The fourth-order valence-corrected chi connectivity index (χ4v) is 3.65. The van der Waals surface area contributed by atoms with E-state index in [4.69, 9.17) is 0 Å². The van der Waals surface area contributed by atoms with Gasteiger partial charge in [0.15, 0.2) is 0 Å². The molecule has 0 aromatic heterocycles. The Bertz CT molecular complexity index is 907. The molecule has 0 aliphatic heterocycles. The lowest BCUT2D eigenvalue weighted by molar-refractivity contribution is -0.137. The standard InChI is InChI=1S/C23H26F3N3O2/c1-16-9-11-19(12-10-16)28-22(31)29(14-13-27-21(30)17-5-2-3-6-17)20-8-4-7-18(15-20)23(24,25)26/h4,7-12,15,17H,2-3,5-6,13-14H2,1H3,(H,27,30)(H,28,31). The van der Waals surface area contributed by atoms with E-state index in [9.17, 15) is 22.8 Å². The second kappa shape index (κ2) is 9.85. The number of hydrogen-bond donors (Lipinski definition) is 2. The first-order valence-corrected chi connectivity index (χ1v) is 10.3. The van der Waals surface area contributed by atoms with Crippen LogP contribution >= 0.6 is 0 Å². The van der Waals surface area contributed by atoms with Crippen molar-refractivity contribution in [2.45, 2.75) is 38.8 Å². The van der Waals surface area contributed by atoms with Crippen LogP contribution in [-0.4, -0.2) is 25.0 Å². The fourth-order valence-electron chi connectivity index (χ4n) is 3.65. The van der Waals surface area contributed by atoms with E-state index in [1.165, 1.54) is 17.0 Å². The van der Waals surface area contributed by atoms with Gasteiger partial charge in [-0.15, -0.1) is 0 Å². The maximum absolute atomic E-state index is 13.2. The average molecular weight is 433 g/mol. The molecule has 3 rings (SSSR count). The van der Waals surface area contributed by atoms with Gasteiger partial charge in [-0.1, -0.05) is 36.6 Å². The highest BCUT2D eigenvalue weighted by Crippen LogP contribution is 2.32. The molecule has 8 heteroatoms. The zero-order chi connectivity index (χ0) is 22.4. The first-order chi connectivity index (χ1) is 14.7. The number of alkyl halides is 3. The third-order valence-electron chi connectivity index (χ3n) is 5.39. The quantitative estimate of drug-likeness (QED) is 0.644. The molecule has 2 aromatic carbocycles. The molecule has 31 heavy (non-hydrogen) atoms. The van der Waals surface area contributed by atoms with Crippen molar-refractivity contribution in [1.29, 1.82) is 0 Å². The summed E-state index contributed by atoms with van der Waals surface area (Å²) in [6, 6.07) is 11.1. The van der Waals surface area contributed by atoms with Crippen molar-refractivity contribution >= 4 is 23.3 Å². The van der Waals surface area contributed by atoms with Crippen molar-refractivity contribution in [3.63, 3.8) is 0 Å². The molecule has 5 nitrogen and oxygen atoms in total. The van der Waals surface area contributed by atoms with Gasteiger partial charge in [0, 0.05) is 30.4 Å². The van der Waals surface area contributed by atoms with Crippen LogP contribution in [0.1, 0.15) is 36.8 Å². The summed E-state index contributed by atoms with van der Waals surface area (Å²) in [6.45, 7) is 2.10. The number of hydrogen-bond acceptors (Lipinski definition) is 2. The summed E-state index contributed by atoms with van der Waals surface area (Å²) in [7, 11) is 0. The van der Waals surface area contributed by atoms with Crippen LogP contribution in [0.15, 0.2) is 48.5 Å². The first kappa shape index (κ1) is 22.7. The maximum Gasteiger partial charge on any atom is 0.416 e. The molecule has 2 N–H and O–H groups in total. The Morgan fingerprint density at radius 1 is 1.06 bits per heavy atom. The fraction of sp³-hybridized carbons (Fsp3) is 0.391. The van der Waals surface area contributed by atoms with Crippen molar-refractivity contribution in [3.8, 4) is 0 Å². The van der Waals surface area contributed by atoms with E-state index in [1.54, 1.807) is 12.1 Å². The third kappa shape index (κ3) is 6.23. The summed E-state index contributed by atoms with van der Waals surface area (Å²) in [6.07, 6.45) is -0.791. The summed E-state index contributed by atoms with van der Waals surface area (Å²) in [5.74, 6) is -0.0937. The topological polar surface area (TPSA) is 61.4 Å². The van der Waals surface area contributed by atoms with Gasteiger partial charge in [-0.25, -0.2) is 4.79 Å². The molecular weight excluding hydrogens is 407 g/mol. The highest BCUT2D eigenvalue weighted by Gasteiger charge is 2.31. The highest BCUT2D eigenvalue weighted by atomic mass is 19.4. The second-order valence-corrected chi connectivity index (χ2v) is 7.77. The van der Waals surface area contributed by atoms with Crippen LogP contribution in [0.4, 0.5) is 29.3 Å². The number of anilines is 2. The molecule has 2 aromatic rings. The SMILES string of the molecule is Cc1ccc(NC(=O)N(CCNC(=O)C2CCCC2)c2cccc(C(F)(F)F)c2)cc1. The summed E-state index contributed by atoms with van der Waals surface area (Å²) in [5, 5.41) is 5.53. The lowest BCUT2D eigenvalue weighted by atomic mass is 10.1. The zero-order valence-electron chi connectivity index (χ0n) is 17.3. The van der Waals surface area contributed by atoms with Crippen LogP contribution in [0.25, 0.3) is 0 Å². The number of benzene rings is 2. The number of nitrogens with zero attached hydrogens (tertiary/aromatic N) is 1. The van der Waals surface area contributed by atoms with Gasteiger partial charge in [-0.3, -0.25) is 9.69 Å². The molecule has 0 atom stereocenters. The summed E-state index contributed by atoms with van der Waals surface area (Å²) in [5.41, 5.74) is 0.813. The van der Waals surface area contributed by atoms with Crippen LogP contribution in [0, 0.1) is 12.8 Å². The van der Waals surface area contributed by atoms with E-state index in [2.05, 4.69) is 10.6 Å². The number of amides is 3. The lowest BCUT2D eigenvalue weighted by Gasteiger charge is -2.24. The van der Waals surface area contributed by atoms with Crippen molar-refractivity contribution in [2.24, 2.45) is 5.92 Å². The number of carbonyl (C=O) groups excluding carboxylic acids is 2. The number of nitrogens with one attached hydrogen (secondary N) is 2. The Balaban J connectivity index is 1.75. The Hall–Kier alpha value is -3.03. The second-order valence-electron chi connectivity index (χ2n) is 7.77. The normalized spacial score (nSPS) is 14.3. The molecule has 1 aliphatic rings. The Morgan fingerprint density at radius 2 is 1.74 bits per heavy atom. The third-order valence-corrected chi connectivity index (χ3v) is 5.39. The van der Waals surface area contributed by atoms with E-state index in [-0.39, 0.29) is 30.6 Å². The van der Waals surface area contributed by atoms with Gasteiger partial charge in [0.05, 0.1) is 5.56 Å². The summed E-state index contributed by atoms with van der Waals surface area (Å²) in [4.78, 5) is 26.4. The number of urea groups is 1. The van der Waals surface area contributed by atoms with Gasteiger partial charge >= 0.3 is 12.2 Å². The van der Waals surface area contributed by atoms with E-state index in [1.807, 2.05) is 19.1 Å². The Morgan fingerprint density at radius 3 is 2.39 bits per heavy atom. The first-order valence-electron chi connectivity index (χ1n) is 10.3. The Kier molecular flexibility index (Phi) is 7.20. The minimum Gasteiger partial charge on any atom is -0.354 e.